The van der Waals surface area contributed by atoms with Crippen molar-refractivity contribution in [2.24, 2.45) is 0 Å². The molecule has 0 radical (unpaired) electrons. The molecule has 0 N–H and O–H groups in total. The van der Waals surface area contributed by atoms with Gasteiger partial charge >= 0.3 is 5.97 Å². The molecule has 0 bridgehead atoms. The second-order valence-electron chi connectivity index (χ2n) is 7.19. The maximum atomic E-state index is 12.2. The maximum absolute atomic E-state index is 12.2. The number of aromatic nitrogens is 1. The molecule has 0 amide bonds. The molecule has 0 fully saturated rings. The van der Waals surface area contributed by atoms with Crippen molar-refractivity contribution in [2.45, 2.75) is 26.0 Å². The second-order valence-corrected chi connectivity index (χ2v) is 7.19. The number of hydrogen-bond donors (Lipinski definition) is 0. The highest BCUT2D eigenvalue weighted by molar-refractivity contribution is 5.87. The van der Waals surface area contributed by atoms with Gasteiger partial charge in [-0.15, -0.1) is 0 Å². The Morgan fingerprint density at radius 3 is 2.57 bits per heavy atom. The molecule has 3 aromatic rings. The van der Waals surface area contributed by atoms with Crippen LogP contribution in [0.3, 0.4) is 0 Å². The van der Waals surface area contributed by atoms with E-state index in [0.29, 0.717) is 5.75 Å². The van der Waals surface area contributed by atoms with E-state index in [1.165, 1.54) is 11.6 Å². The van der Waals surface area contributed by atoms with Gasteiger partial charge in [0, 0.05) is 29.6 Å². The van der Waals surface area contributed by atoms with E-state index in [1.54, 1.807) is 14.2 Å². The number of hydrogen-bond acceptors (Lipinski definition) is 4. The summed E-state index contributed by atoms with van der Waals surface area (Å²) in [6, 6.07) is 17.9. The van der Waals surface area contributed by atoms with Crippen LogP contribution < -0.4 is 9.47 Å². The summed E-state index contributed by atoms with van der Waals surface area (Å²) in [7, 11) is 3.30. The minimum absolute atomic E-state index is 0.269. The number of ether oxygens (including phenoxy) is 3. The third kappa shape index (κ3) is 4.10. The molecule has 5 nitrogen and oxygen atoms in total. The Balaban J connectivity index is 1.55. The van der Waals surface area contributed by atoms with E-state index in [9.17, 15) is 4.79 Å². The third-order valence-electron chi connectivity index (χ3n) is 5.34. The number of carbonyl (C=O) groups is 1. The molecule has 1 aromatic heterocycles. The number of rotatable bonds is 6. The second kappa shape index (κ2) is 8.91. The van der Waals surface area contributed by atoms with Gasteiger partial charge in [-0.25, -0.2) is 4.79 Å². The Morgan fingerprint density at radius 1 is 1.03 bits per heavy atom. The van der Waals surface area contributed by atoms with Crippen LogP contribution in [0.5, 0.6) is 11.5 Å². The molecule has 0 saturated heterocycles. The Hall–Kier alpha value is -3.47. The van der Waals surface area contributed by atoms with Crippen molar-refractivity contribution in [2.75, 3.05) is 14.2 Å². The number of benzene rings is 2. The van der Waals surface area contributed by atoms with Crippen molar-refractivity contribution in [1.82, 2.24) is 4.57 Å². The van der Waals surface area contributed by atoms with E-state index >= 15 is 0 Å². The summed E-state index contributed by atoms with van der Waals surface area (Å²) >= 11 is 0. The van der Waals surface area contributed by atoms with Crippen LogP contribution in [0.4, 0.5) is 0 Å². The number of nitrogens with zero attached hydrogens (tertiary/aromatic N) is 1. The lowest BCUT2D eigenvalue weighted by Crippen LogP contribution is -2.03. The molecule has 0 saturated carbocycles. The molecule has 1 aliphatic rings. The van der Waals surface area contributed by atoms with Gasteiger partial charge in [0.05, 0.1) is 14.2 Å². The number of aryl methyl sites for hydroxylation is 1. The lowest BCUT2D eigenvalue weighted by atomic mass is 10.0. The lowest BCUT2D eigenvalue weighted by Gasteiger charge is -2.14. The summed E-state index contributed by atoms with van der Waals surface area (Å²) in [6.45, 7) is 1.14. The van der Waals surface area contributed by atoms with Gasteiger partial charge < -0.3 is 18.8 Å². The molecule has 0 atom stereocenters. The van der Waals surface area contributed by atoms with Crippen molar-refractivity contribution in [3.05, 3.63) is 77.5 Å². The molecule has 5 heteroatoms. The lowest BCUT2D eigenvalue weighted by molar-refractivity contribution is -0.138. The molecular weight excluding hydrogens is 378 g/mol. The molecule has 1 aliphatic heterocycles. The van der Waals surface area contributed by atoms with Crippen LogP contribution in [-0.2, 0) is 29.1 Å². The van der Waals surface area contributed by atoms with E-state index in [2.05, 4.69) is 16.7 Å². The van der Waals surface area contributed by atoms with Crippen LogP contribution >= 0.6 is 0 Å². The highest BCUT2D eigenvalue weighted by atomic mass is 16.5. The maximum Gasteiger partial charge on any atom is 0.331 e. The first-order valence-electron chi connectivity index (χ1n) is 10.0. The third-order valence-corrected chi connectivity index (χ3v) is 5.34. The number of fused-ring (bicyclic) bond motifs is 3. The molecule has 2 aromatic carbocycles. The van der Waals surface area contributed by atoms with Gasteiger partial charge in [0.1, 0.15) is 6.61 Å². The van der Waals surface area contributed by atoms with Crippen molar-refractivity contribution in [3.63, 3.8) is 0 Å². The van der Waals surface area contributed by atoms with Crippen molar-refractivity contribution < 1.29 is 19.0 Å². The first kappa shape index (κ1) is 19.8. The van der Waals surface area contributed by atoms with Crippen molar-refractivity contribution in [3.8, 4) is 22.8 Å². The Morgan fingerprint density at radius 2 is 1.80 bits per heavy atom. The fraction of sp³-hybridized carbons (Fsp3) is 0.240. The highest BCUT2D eigenvalue weighted by Gasteiger charge is 2.19. The molecule has 0 aliphatic carbocycles. The Labute approximate surface area is 176 Å². The summed E-state index contributed by atoms with van der Waals surface area (Å²) in [4.78, 5) is 12.2. The average molecular weight is 403 g/mol. The fourth-order valence-electron chi connectivity index (χ4n) is 3.84. The number of methoxy groups -OCH3 is 2. The van der Waals surface area contributed by atoms with Crippen LogP contribution in [0.1, 0.15) is 23.2 Å². The molecule has 30 heavy (non-hydrogen) atoms. The molecule has 0 spiro atoms. The summed E-state index contributed by atoms with van der Waals surface area (Å²) in [5.74, 6) is 1.11. The topological polar surface area (TPSA) is 49.7 Å². The van der Waals surface area contributed by atoms with Gasteiger partial charge in [0.25, 0.3) is 0 Å². The zero-order valence-corrected chi connectivity index (χ0v) is 17.3. The smallest absolute Gasteiger partial charge is 0.331 e. The van der Waals surface area contributed by atoms with Gasteiger partial charge in [0.15, 0.2) is 11.5 Å². The first-order valence-corrected chi connectivity index (χ1v) is 10.0. The average Bonchev–Trinajstić information content (AvgIpc) is 3.10. The molecule has 2 heterocycles. The van der Waals surface area contributed by atoms with E-state index in [-0.39, 0.29) is 12.6 Å². The summed E-state index contributed by atoms with van der Waals surface area (Å²) < 4.78 is 18.5. The zero-order chi connectivity index (χ0) is 20.9. The van der Waals surface area contributed by atoms with Crippen LogP contribution in [0.2, 0.25) is 0 Å². The number of carbonyl (C=O) groups excluding carboxylic acids is 1. The standard InChI is InChI=1S/C25H25NO4/c1-28-23-15-19-9-6-14-26-20(10-12-22(26)21(19)16-24(23)29-2)11-13-25(27)30-17-18-7-4-3-5-8-18/h3-5,7-8,10-13,15-16H,6,9,14,17H2,1-2H3/b13-11+. The van der Waals surface area contributed by atoms with Gasteiger partial charge in [-0.1, -0.05) is 30.3 Å². The summed E-state index contributed by atoms with van der Waals surface area (Å²) in [5.41, 5.74) is 5.43. The Kier molecular flexibility index (Phi) is 5.89. The van der Waals surface area contributed by atoms with Crippen LogP contribution in [0, 0.1) is 0 Å². The van der Waals surface area contributed by atoms with E-state index in [1.807, 2.05) is 48.5 Å². The van der Waals surface area contributed by atoms with Gasteiger partial charge in [-0.05, 0) is 54.3 Å². The first-order chi connectivity index (χ1) is 14.7. The van der Waals surface area contributed by atoms with Gasteiger partial charge in [-0.2, -0.15) is 0 Å². The number of esters is 1. The van der Waals surface area contributed by atoms with Crippen LogP contribution in [0.15, 0.2) is 60.7 Å². The predicted molar refractivity (Wildman–Crippen MR) is 117 cm³/mol. The van der Waals surface area contributed by atoms with Gasteiger partial charge in [-0.3, -0.25) is 0 Å². The minimum atomic E-state index is -0.352. The fourth-order valence-corrected chi connectivity index (χ4v) is 3.84. The van der Waals surface area contributed by atoms with Crippen LogP contribution in [0.25, 0.3) is 17.3 Å². The zero-order valence-electron chi connectivity index (χ0n) is 17.3. The minimum Gasteiger partial charge on any atom is -0.493 e. The molecular formula is C25H25NO4. The summed E-state index contributed by atoms with van der Waals surface area (Å²) in [5, 5.41) is 0. The molecule has 154 valence electrons. The van der Waals surface area contributed by atoms with E-state index < -0.39 is 0 Å². The summed E-state index contributed by atoms with van der Waals surface area (Å²) in [6.07, 6.45) is 5.28. The van der Waals surface area contributed by atoms with Crippen LogP contribution in [-0.4, -0.2) is 24.8 Å². The highest BCUT2D eigenvalue weighted by Crippen LogP contribution is 2.38. The molecule has 0 unspecified atom stereocenters. The molecule has 4 rings (SSSR count). The SMILES string of the molecule is COc1cc2c(cc1OC)-c1ccc(/C=C/C(=O)OCc3ccccc3)n1CCC2. The van der Waals surface area contributed by atoms with E-state index in [0.717, 1.165) is 47.7 Å². The van der Waals surface area contributed by atoms with Crippen molar-refractivity contribution in [1.29, 1.82) is 0 Å². The largest absolute Gasteiger partial charge is 0.493 e. The predicted octanol–water partition coefficient (Wildman–Crippen LogP) is 4.88. The monoisotopic (exact) mass is 403 g/mol. The quantitative estimate of drug-likeness (QED) is 0.435. The normalized spacial score (nSPS) is 12.7. The van der Waals surface area contributed by atoms with Gasteiger partial charge in [0.2, 0.25) is 0 Å². The Bertz CT molecular complexity index is 1070. The van der Waals surface area contributed by atoms with Crippen molar-refractivity contribution >= 4 is 12.0 Å². The van der Waals surface area contributed by atoms with E-state index in [4.69, 9.17) is 14.2 Å².